The maximum atomic E-state index is 12.1. The van der Waals surface area contributed by atoms with Gasteiger partial charge in [-0.05, 0) is 12.8 Å². The molecule has 18 heavy (non-hydrogen) atoms. The highest BCUT2D eigenvalue weighted by Crippen LogP contribution is 2.33. The third-order valence-corrected chi connectivity index (χ3v) is 5.04. The van der Waals surface area contributed by atoms with Gasteiger partial charge < -0.3 is 4.90 Å². The summed E-state index contributed by atoms with van der Waals surface area (Å²) in [6, 6.07) is 0.474. The number of carbonyl (C=O) groups excluding carboxylic acids is 1. The van der Waals surface area contributed by atoms with Crippen molar-refractivity contribution in [2.24, 2.45) is 4.99 Å². The summed E-state index contributed by atoms with van der Waals surface area (Å²) in [7, 11) is 1.94. The summed E-state index contributed by atoms with van der Waals surface area (Å²) in [5, 5.41) is 1.28. The third kappa shape index (κ3) is 2.96. The van der Waals surface area contributed by atoms with Crippen molar-refractivity contribution in [1.82, 2.24) is 10.4 Å². The van der Waals surface area contributed by atoms with Gasteiger partial charge in [0, 0.05) is 12.3 Å². The first kappa shape index (κ1) is 13.6. The fraction of sp³-hybridized carbons (Fsp3) is 0.833. The minimum Gasteiger partial charge on any atom is -0.350 e. The molecule has 1 aliphatic carbocycles. The van der Waals surface area contributed by atoms with Crippen LogP contribution in [0.1, 0.15) is 39.0 Å². The standard InChI is InChI=1S/C12H20FN3OS/c1-8-10(7-11(17)15-13)16(2)12(18-8)14-9-5-3-4-6-9/h8-10H,3-7H2,1-2H3,(H,15,17). The molecule has 102 valence electrons. The predicted molar refractivity (Wildman–Crippen MR) is 72.2 cm³/mol. The van der Waals surface area contributed by atoms with Crippen LogP contribution in [-0.2, 0) is 4.79 Å². The zero-order valence-corrected chi connectivity index (χ0v) is 11.7. The lowest BCUT2D eigenvalue weighted by molar-refractivity contribution is -0.126. The molecule has 0 aromatic heterocycles. The second-order valence-electron chi connectivity index (χ2n) is 5.07. The summed E-state index contributed by atoms with van der Waals surface area (Å²) >= 11 is 1.69. The molecule has 2 unspecified atom stereocenters. The van der Waals surface area contributed by atoms with Gasteiger partial charge in [0.15, 0.2) is 5.17 Å². The van der Waals surface area contributed by atoms with Crippen LogP contribution in [0.3, 0.4) is 0 Å². The summed E-state index contributed by atoms with van der Waals surface area (Å²) < 4.78 is 12.1. The van der Waals surface area contributed by atoms with Crippen LogP contribution in [0.15, 0.2) is 4.99 Å². The SMILES string of the molecule is CC1SC(=NC2CCCC2)N(C)C1CC(=O)NF. The molecule has 6 heteroatoms. The first-order chi connectivity index (χ1) is 8.61. The van der Waals surface area contributed by atoms with Gasteiger partial charge in [-0.3, -0.25) is 9.79 Å². The average molecular weight is 273 g/mol. The molecule has 1 aliphatic heterocycles. The van der Waals surface area contributed by atoms with Crippen molar-refractivity contribution >= 4 is 22.8 Å². The van der Waals surface area contributed by atoms with Gasteiger partial charge in [0.1, 0.15) is 0 Å². The topological polar surface area (TPSA) is 44.7 Å². The molecular weight excluding hydrogens is 253 g/mol. The summed E-state index contributed by atoms with van der Waals surface area (Å²) in [5.74, 6) is -0.554. The quantitative estimate of drug-likeness (QED) is 0.801. The maximum absolute atomic E-state index is 12.1. The number of carbonyl (C=O) groups is 1. The fourth-order valence-corrected chi connectivity index (χ4v) is 3.91. The monoisotopic (exact) mass is 273 g/mol. The Morgan fingerprint density at radius 2 is 2.22 bits per heavy atom. The van der Waals surface area contributed by atoms with E-state index in [1.807, 2.05) is 11.9 Å². The van der Waals surface area contributed by atoms with E-state index in [1.165, 1.54) is 31.2 Å². The molecule has 1 N–H and O–H groups in total. The van der Waals surface area contributed by atoms with Gasteiger partial charge in [0.05, 0.1) is 18.5 Å². The highest BCUT2D eigenvalue weighted by Gasteiger charge is 2.36. The molecule has 0 radical (unpaired) electrons. The van der Waals surface area contributed by atoms with Gasteiger partial charge in [0.25, 0.3) is 0 Å². The number of amides is 1. The van der Waals surface area contributed by atoms with E-state index < -0.39 is 5.91 Å². The van der Waals surface area contributed by atoms with Crippen molar-refractivity contribution in [1.29, 1.82) is 0 Å². The summed E-state index contributed by atoms with van der Waals surface area (Å²) in [5.41, 5.74) is 1.21. The number of thioether (sulfide) groups is 1. The summed E-state index contributed by atoms with van der Waals surface area (Å²) in [6.07, 6.45) is 5.05. The Morgan fingerprint density at radius 1 is 1.56 bits per heavy atom. The van der Waals surface area contributed by atoms with Gasteiger partial charge in [-0.2, -0.15) is 5.54 Å². The Kier molecular flexibility index (Phi) is 4.48. The molecular formula is C12H20FN3OS. The average Bonchev–Trinajstić information content (AvgIpc) is 2.94. The Hall–Kier alpha value is -0.780. The minimum atomic E-state index is -0.554. The van der Waals surface area contributed by atoms with Crippen molar-refractivity contribution in [2.45, 2.75) is 56.4 Å². The summed E-state index contributed by atoms with van der Waals surface area (Å²) in [4.78, 5) is 17.9. The number of hydrogen-bond acceptors (Lipinski definition) is 3. The lowest BCUT2D eigenvalue weighted by atomic mass is 10.1. The number of amidine groups is 1. The van der Waals surface area contributed by atoms with E-state index >= 15 is 0 Å². The molecule has 2 aliphatic rings. The zero-order valence-electron chi connectivity index (χ0n) is 10.9. The van der Waals surface area contributed by atoms with Crippen LogP contribution in [0.2, 0.25) is 0 Å². The van der Waals surface area contributed by atoms with Crippen molar-refractivity contribution in [3.63, 3.8) is 0 Å². The van der Waals surface area contributed by atoms with Crippen LogP contribution in [0.4, 0.5) is 4.48 Å². The Balaban J connectivity index is 2.01. The van der Waals surface area contributed by atoms with Gasteiger partial charge in [-0.25, -0.2) is 0 Å². The number of nitrogens with one attached hydrogen (secondary N) is 1. The normalized spacial score (nSPS) is 31.3. The highest BCUT2D eigenvalue weighted by atomic mass is 32.2. The van der Waals surface area contributed by atoms with Crippen LogP contribution in [0.25, 0.3) is 0 Å². The van der Waals surface area contributed by atoms with E-state index in [9.17, 15) is 9.28 Å². The van der Waals surface area contributed by atoms with Crippen LogP contribution < -0.4 is 5.54 Å². The second kappa shape index (κ2) is 5.91. The maximum Gasteiger partial charge on any atom is 0.249 e. The molecule has 0 bridgehead atoms. The number of aliphatic imine (C=N–C) groups is 1. The van der Waals surface area contributed by atoms with Crippen LogP contribution in [0, 0.1) is 0 Å². The number of hydrogen-bond donors (Lipinski definition) is 1. The molecule has 2 fully saturated rings. The van der Waals surface area contributed by atoms with E-state index in [4.69, 9.17) is 4.99 Å². The molecule has 1 amide bonds. The van der Waals surface area contributed by atoms with E-state index in [-0.39, 0.29) is 17.7 Å². The smallest absolute Gasteiger partial charge is 0.249 e. The van der Waals surface area contributed by atoms with Crippen molar-refractivity contribution in [3.8, 4) is 0 Å². The van der Waals surface area contributed by atoms with E-state index in [1.54, 1.807) is 11.8 Å². The molecule has 0 aromatic carbocycles. The third-order valence-electron chi connectivity index (χ3n) is 3.75. The number of halogens is 1. The van der Waals surface area contributed by atoms with Gasteiger partial charge in [0.2, 0.25) is 5.91 Å². The second-order valence-corrected chi connectivity index (χ2v) is 6.42. The number of nitrogens with zero attached hydrogens (tertiary/aromatic N) is 2. The highest BCUT2D eigenvalue weighted by molar-refractivity contribution is 8.14. The van der Waals surface area contributed by atoms with Crippen LogP contribution in [0.5, 0.6) is 0 Å². The van der Waals surface area contributed by atoms with Crippen LogP contribution >= 0.6 is 11.8 Å². The molecule has 0 aromatic rings. The summed E-state index contributed by atoms with van der Waals surface area (Å²) in [6.45, 7) is 2.06. The van der Waals surface area contributed by atoms with Gasteiger partial charge >= 0.3 is 0 Å². The molecule has 1 saturated carbocycles. The molecule has 1 saturated heterocycles. The Morgan fingerprint density at radius 3 is 2.83 bits per heavy atom. The Labute approximate surface area is 111 Å². The van der Waals surface area contributed by atoms with Crippen molar-refractivity contribution < 1.29 is 9.28 Å². The Bertz CT molecular complexity index is 344. The molecule has 2 atom stereocenters. The van der Waals surface area contributed by atoms with Crippen LogP contribution in [-0.4, -0.2) is 40.4 Å². The predicted octanol–water partition coefficient (Wildman–Crippen LogP) is 2.11. The van der Waals surface area contributed by atoms with E-state index in [0.29, 0.717) is 6.04 Å². The molecule has 1 heterocycles. The van der Waals surface area contributed by atoms with Gasteiger partial charge in [-0.15, -0.1) is 4.48 Å². The van der Waals surface area contributed by atoms with Crippen molar-refractivity contribution in [2.75, 3.05) is 7.05 Å². The molecule has 4 nitrogen and oxygen atoms in total. The van der Waals surface area contributed by atoms with Crippen molar-refractivity contribution in [3.05, 3.63) is 0 Å². The fourth-order valence-electron chi connectivity index (χ4n) is 2.63. The lowest BCUT2D eigenvalue weighted by Crippen LogP contribution is -2.37. The van der Waals surface area contributed by atoms with Gasteiger partial charge in [-0.1, -0.05) is 31.5 Å². The van der Waals surface area contributed by atoms with E-state index in [0.717, 1.165) is 5.17 Å². The lowest BCUT2D eigenvalue weighted by Gasteiger charge is -2.22. The first-order valence-electron chi connectivity index (χ1n) is 6.48. The molecule has 2 rings (SSSR count). The van der Waals surface area contributed by atoms with E-state index in [2.05, 4.69) is 6.92 Å². The largest absolute Gasteiger partial charge is 0.350 e. The minimum absolute atomic E-state index is 0.0332. The zero-order chi connectivity index (χ0) is 13.1. The number of rotatable bonds is 3. The first-order valence-corrected chi connectivity index (χ1v) is 7.36. The molecule has 0 spiro atoms.